The Bertz CT molecular complexity index is 552. The lowest BCUT2D eigenvalue weighted by Gasteiger charge is -2.19. The lowest BCUT2D eigenvalue weighted by atomic mass is 10.1. The van der Waals surface area contributed by atoms with Crippen molar-refractivity contribution < 1.29 is 14.7 Å². The van der Waals surface area contributed by atoms with E-state index in [4.69, 9.17) is 15.7 Å². The molecule has 1 aromatic rings. The Labute approximate surface area is 123 Å². The van der Waals surface area contributed by atoms with Gasteiger partial charge in [-0.25, -0.2) is 0 Å². The molecule has 21 heavy (non-hydrogen) atoms. The maximum absolute atomic E-state index is 12.3. The monoisotopic (exact) mass is 289 g/mol. The Kier molecular flexibility index (Phi) is 3.79. The van der Waals surface area contributed by atoms with Crippen molar-refractivity contribution in [2.75, 3.05) is 6.61 Å². The van der Waals surface area contributed by atoms with Crippen molar-refractivity contribution in [3.63, 3.8) is 0 Å². The van der Waals surface area contributed by atoms with E-state index in [2.05, 4.69) is 10.5 Å². The SMILES string of the molecule is N/C(=N/O)c1ccc(C(=O)NC2CCOC2C2CC2)cc1. The molecule has 6 nitrogen and oxygen atoms in total. The van der Waals surface area contributed by atoms with Gasteiger partial charge in [-0.1, -0.05) is 17.3 Å². The minimum absolute atomic E-state index is 0.0277. The second kappa shape index (κ2) is 5.73. The lowest BCUT2D eigenvalue weighted by molar-refractivity contribution is 0.0729. The van der Waals surface area contributed by atoms with Gasteiger partial charge in [-0.2, -0.15) is 0 Å². The van der Waals surface area contributed by atoms with Gasteiger partial charge in [-0.05, 0) is 37.3 Å². The van der Waals surface area contributed by atoms with Crippen LogP contribution in [-0.4, -0.2) is 35.7 Å². The molecule has 2 unspecified atom stereocenters. The van der Waals surface area contributed by atoms with Crippen molar-refractivity contribution in [2.45, 2.75) is 31.4 Å². The zero-order valence-corrected chi connectivity index (χ0v) is 11.7. The van der Waals surface area contributed by atoms with Crippen molar-refractivity contribution in [1.29, 1.82) is 0 Å². The number of rotatable bonds is 4. The van der Waals surface area contributed by atoms with Gasteiger partial charge in [0.1, 0.15) is 0 Å². The summed E-state index contributed by atoms with van der Waals surface area (Å²) in [5.74, 6) is 0.530. The van der Waals surface area contributed by atoms with Crippen molar-refractivity contribution in [1.82, 2.24) is 5.32 Å². The van der Waals surface area contributed by atoms with Gasteiger partial charge < -0.3 is 21.0 Å². The molecule has 1 aliphatic heterocycles. The minimum atomic E-state index is -0.109. The maximum atomic E-state index is 12.3. The van der Waals surface area contributed by atoms with Crippen LogP contribution in [0, 0.1) is 5.92 Å². The number of amides is 1. The van der Waals surface area contributed by atoms with Gasteiger partial charge in [0.05, 0.1) is 12.1 Å². The summed E-state index contributed by atoms with van der Waals surface area (Å²) in [5.41, 5.74) is 6.63. The van der Waals surface area contributed by atoms with Crippen LogP contribution in [0.3, 0.4) is 0 Å². The van der Waals surface area contributed by atoms with Crippen LogP contribution in [0.1, 0.15) is 35.2 Å². The number of benzene rings is 1. The van der Waals surface area contributed by atoms with E-state index in [0.29, 0.717) is 23.7 Å². The number of carbonyl (C=O) groups is 1. The molecular formula is C15H19N3O3. The highest BCUT2D eigenvalue weighted by Crippen LogP contribution is 2.38. The van der Waals surface area contributed by atoms with Gasteiger partial charge in [-0.3, -0.25) is 4.79 Å². The molecule has 3 rings (SSSR count). The summed E-state index contributed by atoms with van der Waals surface area (Å²) in [5, 5.41) is 14.6. The summed E-state index contributed by atoms with van der Waals surface area (Å²) in [4.78, 5) is 12.3. The summed E-state index contributed by atoms with van der Waals surface area (Å²) in [6, 6.07) is 6.77. The number of carbonyl (C=O) groups excluding carboxylic acids is 1. The fourth-order valence-corrected chi connectivity index (χ4v) is 2.76. The zero-order valence-electron chi connectivity index (χ0n) is 11.7. The highest BCUT2D eigenvalue weighted by molar-refractivity contribution is 5.99. The second-order valence-electron chi connectivity index (χ2n) is 5.60. The third kappa shape index (κ3) is 3.00. The van der Waals surface area contributed by atoms with Gasteiger partial charge >= 0.3 is 0 Å². The maximum Gasteiger partial charge on any atom is 0.251 e. The molecule has 4 N–H and O–H groups in total. The number of nitrogens with two attached hydrogens (primary N) is 1. The molecule has 1 aliphatic carbocycles. The highest BCUT2D eigenvalue weighted by atomic mass is 16.5. The highest BCUT2D eigenvalue weighted by Gasteiger charge is 2.41. The Morgan fingerprint density at radius 1 is 1.24 bits per heavy atom. The predicted molar refractivity (Wildman–Crippen MR) is 77.3 cm³/mol. The summed E-state index contributed by atoms with van der Waals surface area (Å²) < 4.78 is 5.72. The van der Waals surface area contributed by atoms with Crippen LogP contribution in [-0.2, 0) is 4.74 Å². The van der Waals surface area contributed by atoms with Crippen LogP contribution < -0.4 is 11.1 Å². The van der Waals surface area contributed by atoms with Gasteiger partial charge in [0.15, 0.2) is 5.84 Å². The van der Waals surface area contributed by atoms with Crippen molar-refractivity contribution in [3.05, 3.63) is 35.4 Å². The fraction of sp³-hybridized carbons (Fsp3) is 0.467. The molecule has 6 heteroatoms. The number of hydrogen-bond donors (Lipinski definition) is 3. The first kappa shape index (κ1) is 13.9. The third-order valence-corrected chi connectivity index (χ3v) is 4.09. The van der Waals surface area contributed by atoms with Crippen LogP contribution in [0.4, 0.5) is 0 Å². The van der Waals surface area contributed by atoms with E-state index in [1.165, 1.54) is 12.8 Å². The number of oxime groups is 1. The first-order valence-electron chi connectivity index (χ1n) is 7.19. The van der Waals surface area contributed by atoms with Crippen molar-refractivity contribution >= 4 is 11.7 Å². The number of nitrogens with one attached hydrogen (secondary N) is 1. The Balaban J connectivity index is 1.65. The van der Waals surface area contributed by atoms with Crippen LogP contribution >= 0.6 is 0 Å². The Hall–Kier alpha value is -2.08. The summed E-state index contributed by atoms with van der Waals surface area (Å²) in [6.45, 7) is 0.717. The first-order chi connectivity index (χ1) is 10.2. The van der Waals surface area contributed by atoms with E-state index in [0.717, 1.165) is 6.42 Å². The topological polar surface area (TPSA) is 96.9 Å². The van der Waals surface area contributed by atoms with Crippen LogP contribution in [0.25, 0.3) is 0 Å². The van der Waals surface area contributed by atoms with E-state index in [9.17, 15) is 4.79 Å². The average Bonchev–Trinajstić information content (AvgIpc) is 3.26. The lowest BCUT2D eigenvalue weighted by Crippen LogP contribution is -2.41. The first-order valence-corrected chi connectivity index (χ1v) is 7.19. The van der Waals surface area contributed by atoms with Gasteiger partial charge in [0.2, 0.25) is 0 Å². The molecule has 1 heterocycles. The normalized spacial score (nSPS) is 25.8. The van der Waals surface area contributed by atoms with Gasteiger partial charge in [0, 0.05) is 17.7 Å². The molecule has 0 radical (unpaired) electrons. The minimum Gasteiger partial charge on any atom is -0.409 e. The molecule has 0 spiro atoms. The smallest absolute Gasteiger partial charge is 0.251 e. The zero-order chi connectivity index (χ0) is 14.8. The quantitative estimate of drug-likeness (QED) is 0.334. The molecule has 2 aliphatic rings. The molecule has 112 valence electrons. The van der Waals surface area contributed by atoms with E-state index in [-0.39, 0.29) is 23.9 Å². The molecule has 0 bridgehead atoms. The largest absolute Gasteiger partial charge is 0.409 e. The Morgan fingerprint density at radius 3 is 2.52 bits per heavy atom. The molecule has 2 fully saturated rings. The standard InChI is InChI=1S/C15H19N3O3/c16-14(18-20)10-3-5-11(6-4-10)15(19)17-12-7-8-21-13(12)9-1-2-9/h3-6,9,12-13,20H,1-2,7-8H2,(H2,16,18)(H,17,19). The molecule has 1 saturated heterocycles. The molecular weight excluding hydrogens is 270 g/mol. The fourth-order valence-electron chi connectivity index (χ4n) is 2.76. The molecule has 1 amide bonds. The molecule has 1 saturated carbocycles. The van der Waals surface area contributed by atoms with Crippen LogP contribution in [0.5, 0.6) is 0 Å². The van der Waals surface area contributed by atoms with Crippen LogP contribution in [0.15, 0.2) is 29.4 Å². The predicted octanol–water partition coefficient (Wildman–Crippen LogP) is 1.08. The summed E-state index contributed by atoms with van der Waals surface area (Å²) >= 11 is 0. The molecule has 1 aromatic carbocycles. The van der Waals surface area contributed by atoms with Gasteiger partial charge in [0.25, 0.3) is 5.91 Å². The average molecular weight is 289 g/mol. The molecule has 0 aromatic heterocycles. The third-order valence-electron chi connectivity index (χ3n) is 4.09. The van der Waals surface area contributed by atoms with E-state index >= 15 is 0 Å². The summed E-state index contributed by atoms with van der Waals surface area (Å²) in [6.07, 6.45) is 3.44. The van der Waals surface area contributed by atoms with Crippen molar-refractivity contribution in [3.8, 4) is 0 Å². The number of nitrogens with zero attached hydrogens (tertiary/aromatic N) is 1. The van der Waals surface area contributed by atoms with Crippen LogP contribution in [0.2, 0.25) is 0 Å². The number of ether oxygens (including phenoxy) is 1. The Morgan fingerprint density at radius 2 is 1.90 bits per heavy atom. The summed E-state index contributed by atoms with van der Waals surface area (Å²) in [7, 11) is 0. The van der Waals surface area contributed by atoms with E-state index in [1.807, 2.05) is 0 Å². The van der Waals surface area contributed by atoms with Gasteiger partial charge in [-0.15, -0.1) is 0 Å². The number of amidine groups is 1. The molecule has 2 atom stereocenters. The van der Waals surface area contributed by atoms with E-state index in [1.54, 1.807) is 24.3 Å². The van der Waals surface area contributed by atoms with E-state index < -0.39 is 0 Å². The van der Waals surface area contributed by atoms with Crippen molar-refractivity contribution in [2.24, 2.45) is 16.8 Å². The second-order valence-corrected chi connectivity index (χ2v) is 5.60. The number of hydrogen-bond acceptors (Lipinski definition) is 4.